The van der Waals surface area contributed by atoms with E-state index in [0.717, 1.165) is 17.3 Å². The quantitative estimate of drug-likeness (QED) is 0.668. The van der Waals surface area contributed by atoms with E-state index in [1.165, 1.54) is 0 Å². The van der Waals surface area contributed by atoms with E-state index in [2.05, 4.69) is 15.5 Å². The van der Waals surface area contributed by atoms with Crippen molar-refractivity contribution in [1.29, 1.82) is 0 Å². The summed E-state index contributed by atoms with van der Waals surface area (Å²) in [6.45, 7) is 3.24. The first-order valence-electron chi connectivity index (χ1n) is 4.94. The number of rotatable bonds is 7. The predicted molar refractivity (Wildman–Crippen MR) is 58.6 cm³/mol. The van der Waals surface area contributed by atoms with E-state index in [0.29, 0.717) is 13.2 Å². The second-order valence-electron chi connectivity index (χ2n) is 3.04. The van der Waals surface area contributed by atoms with E-state index in [-0.39, 0.29) is 6.10 Å². The molecule has 0 bridgehead atoms. The highest BCUT2D eigenvalue weighted by molar-refractivity contribution is 7.99. The van der Waals surface area contributed by atoms with Gasteiger partial charge >= 0.3 is 0 Å². The van der Waals surface area contributed by atoms with Crippen LogP contribution in [0.3, 0.4) is 0 Å². The number of tetrazole rings is 1. The van der Waals surface area contributed by atoms with Crippen LogP contribution >= 0.6 is 11.8 Å². The van der Waals surface area contributed by atoms with Crippen molar-refractivity contribution in [3.63, 3.8) is 0 Å². The maximum atomic E-state index is 5.57. The maximum Gasteiger partial charge on any atom is 0.209 e. The fraction of sp³-hybridized carbons (Fsp3) is 0.875. The van der Waals surface area contributed by atoms with Crippen molar-refractivity contribution in [3.8, 4) is 0 Å². The van der Waals surface area contributed by atoms with Crippen molar-refractivity contribution in [2.24, 2.45) is 12.8 Å². The monoisotopic (exact) mass is 231 g/mol. The van der Waals surface area contributed by atoms with E-state index in [1.807, 2.05) is 14.0 Å². The van der Waals surface area contributed by atoms with Crippen LogP contribution in [0.25, 0.3) is 0 Å². The van der Waals surface area contributed by atoms with Gasteiger partial charge in [0.2, 0.25) is 5.16 Å². The minimum atomic E-state index is 0.142. The molecule has 0 saturated carbocycles. The molecule has 1 aromatic rings. The van der Waals surface area contributed by atoms with Gasteiger partial charge in [-0.05, 0) is 23.8 Å². The van der Waals surface area contributed by atoms with Crippen molar-refractivity contribution in [2.45, 2.75) is 24.6 Å². The summed E-state index contributed by atoms with van der Waals surface area (Å²) in [5.74, 6) is 0.913. The molecule has 0 aliphatic carbocycles. The van der Waals surface area contributed by atoms with Crippen molar-refractivity contribution in [1.82, 2.24) is 20.2 Å². The normalized spacial score (nSPS) is 13.0. The topological polar surface area (TPSA) is 78.8 Å². The van der Waals surface area contributed by atoms with Gasteiger partial charge in [-0.3, -0.25) is 0 Å². The standard InChI is InChI=1S/C8H17N5OS/c1-3-14-7(6-9)4-5-15-8-10-11-12-13(8)2/h7H,3-6,9H2,1-2H3. The molecular weight excluding hydrogens is 214 g/mol. The van der Waals surface area contributed by atoms with E-state index >= 15 is 0 Å². The Morgan fingerprint density at radius 1 is 1.60 bits per heavy atom. The Morgan fingerprint density at radius 2 is 2.40 bits per heavy atom. The molecule has 6 nitrogen and oxygen atoms in total. The second kappa shape index (κ2) is 6.76. The third-order valence-electron chi connectivity index (χ3n) is 1.92. The number of hydrogen-bond donors (Lipinski definition) is 1. The van der Waals surface area contributed by atoms with Gasteiger partial charge in [0.05, 0.1) is 6.10 Å². The number of hydrogen-bond acceptors (Lipinski definition) is 6. The number of aromatic nitrogens is 4. The smallest absolute Gasteiger partial charge is 0.209 e. The zero-order chi connectivity index (χ0) is 11.1. The van der Waals surface area contributed by atoms with Crippen LogP contribution in [0.4, 0.5) is 0 Å². The average Bonchev–Trinajstić information content (AvgIpc) is 2.63. The Morgan fingerprint density at radius 3 is 2.93 bits per heavy atom. The lowest BCUT2D eigenvalue weighted by atomic mass is 10.3. The zero-order valence-electron chi connectivity index (χ0n) is 9.09. The Kier molecular flexibility index (Phi) is 5.59. The number of nitrogens with two attached hydrogens (primary N) is 1. The lowest BCUT2D eigenvalue weighted by Crippen LogP contribution is -2.24. The summed E-state index contributed by atoms with van der Waals surface area (Å²) >= 11 is 1.61. The molecular formula is C8H17N5OS. The summed E-state index contributed by atoms with van der Waals surface area (Å²) in [5, 5.41) is 12.0. The van der Waals surface area contributed by atoms with Crippen molar-refractivity contribution in [3.05, 3.63) is 0 Å². The molecule has 0 aromatic carbocycles. The lowest BCUT2D eigenvalue weighted by Gasteiger charge is -2.13. The fourth-order valence-corrected chi connectivity index (χ4v) is 2.01. The van der Waals surface area contributed by atoms with Gasteiger partial charge in [-0.15, -0.1) is 5.10 Å². The Labute approximate surface area is 93.5 Å². The van der Waals surface area contributed by atoms with Crippen LogP contribution in [0, 0.1) is 0 Å². The van der Waals surface area contributed by atoms with Crippen LogP contribution < -0.4 is 5.73 Å². The summed E-state index contributed by atoms with van der Waals surface area (Å²) < 4.78 is 7.10. The zero-order valence-corrected chi connectivity index (χ0v) is 9.90. The maximum absolute atomic E-state index is 5.57. The van der Waals surface area contributed by atoms with Crippen LogP contribution in [0.1, 0.15) is 13.3 Å². The highest BCUT2D eigenvalue weighted by Gasteiger charge is 2.08. The molecule has 1 aromatic heterocycles. The van der Waals surface area contributed by atoms with Crippen LogP contribution in [0.2, 0.25) is 0 Å². The second-order valence-corrected chi connectivity index (χ2v) is 4.10. The van der Waals surface area contributed by atoms with Gasteiger partial charge in [-0.1, -0.05) is 11.8 Å². The summed E-state index contributed by atoms with van der Waals surface area (Å²) in [7, 11) is 1.82. The van der Waals surface area contributed by atoms with Gasteiger partial charge in [-0.25, -0.2) is 4.68 Å². The van der Waals surface area contributed by atoms with E-state index < -0.39 is 0 Å². The Bertz CT molecular complexity index is 280. The fourth-order valence-electron chi connectivity index (χ4n) is 1.13. The highest BCUT2D eigenvalue weighted by Crippen LogP contribution is 2.14. The summed E-state index contributed by atoms with van der Waals surface area (Å²) in [6, 6.07) is 0. The van der Waals surface area contributed by atoms with E-state index in [9.17, 15) is 0 Å². The molecule has 0 aliphatic rings. The Hall–Kier alpha value is -0.660. The number of ether oxygens (including phenoxy) is 1. The molecule has 1 rings (SSSR count). The van der Waals surface area contributed by atoms with E-state index in [4.69, 9.17) is 10.5 Å². The first kappa shape index (κ1) is 12.4. The van der Waals surface area contributed by atoms with Gasteiger partial charge in [0.1, 0.15) is 0 Å². The molecule has 1 heterocycles. The molecule has 86 valence electrons. The predicted octanol–water partition coefficient (Wildman–Crippen LogP) is 0.0561. The molecule has 0 saturated heterocycles. The highest BCUT2D eigenvalue weighted by atomic mass is 32.2. The Balaban J connectivity index is 2.23. The molecule has 15 heavy (non-hydrogen) atoms. The molecule has 0 radical (unpaired) electrons. The number of thioether (sulfide) groups is 1. The first-order valence-corrected chi connectivity index (χ1v) is 5.93. The number of aryl methyl sites for hydroxylation is 1. The summed E-state index contributed by atoms with van der Waals surface area (Å²) in [4.78, 5) is 0. The van der Waals surface area contributed by atoms with Gasteiger partial charge in [0.25, 0.3) is 0 Å². The lowest BCUT2D eigenvalue weighted by molar-refractivity contribution is 0.0674. The van der Waals surface area contributed by atoms with Gasteiger partial charge in [0, 0.05) is 26.0 Å². The molecule has 7 heteroatoms. The first-order chi connectivity index (χ1) is 7.27. The molecule has 1 atom stereocenters. The molecule has 1 unspecified atom stereocenters. The SMILES string of the molecule is CCOC(CN)CCSc1nnnn1C. The van der Waals surface area contributed by atoms with Crippen LogP contribution in [0.5, 0.6) is 0 Å². The van der Waals surface area contributed by atoms with Crippen LogP contribution in [-0.2, 0) is 11.8 Å². The van der Waals surface area contributed by atoms with E-state index in [1.54, 1.807) is 16.4 Å². The molecule has 0 amide bonds. The molecule has 0 aliphatic heterocycles. The van der Waals surface area contributed by atoms with Gasteiger partial charge in [0.15, 0.2) is 0 Å². The molecule has 2 N–H and O–H groups in total. The average molecular weight is 231 g/mol. The van der Waals surface area contributed by atoms with Gasteiger partial charge in [-0.2, -0.15) is 0 Å². The van der Waals surface area contributed by atoms with Crippen LogP contribution in [0.15, 0.2) is 5.16 Å². The molecule has 0 fully saturated rings. The van der Waals surface area contributed by atoms with Crippen molar-refractivity contribution in [2.75, 3.05) is 18.9 Å². The van der Waals surface area contributed by atoms with Crippen molar-refractivity contribution >= 4 is 11.8 Å². The van der Waals surface area contributed by atoms with Crippen molar-refractivity contribution < 1.29 is 4.74 Å². The third kappa shape index (κ3) is 4.15. The largest absolute Gasteiger partial charge is 0.377 e. The minimum absolute atomic E-state index is 0.142. The number of nitrogens with zero attached hydrogens (tertiary/aromatic N) is 4. The summed E-state index contributed by atoms with van der Waals surface area (Å²) in [6.07, 6.45) is 1.06. The molecule has 0 spiro atoms. The van der Waals surface area contributed by atoms with Crippen LogP contribution in [-0.4, -0.2) is 45.2 Å². The minimum Gasteiger partial charge on any atom is -0.377 e. The summed E-state index contributed by atoms with van der Waals surface area (Å²) in [5.41, 5.74) is 5.57. The van der Waals surface area contributed by atoms with Gasteiger partial charge < -0.3 is 10.5 Å². The third-order valence-corrected chi connectivity index (χ3v) is 2.96.